The number of hydrogen-bond donors (Lipinski definition) is 1. The number of Topliss-reactive ketones (excluding diaryl/α,β-unsaturated/α-hetero) is 1. The molecule has 29 heavy (non-hydrogen) atoms. The normalized spacial score (nSPS) is 15.8. The van der Waals surface area contributed by atoms with Gasteiger partial charge >= 0.3 is 0 Å². The third kappa shape index (κ3) is 5.95. The van der Waals surface area contributed by atoms with Gasteiger partial charge in [-0.05, 0) is 24.3 Å². The first-order valence-electron chi connectivity index (χ1n) is 10.1. The van der Waals surface area contributed by atoms with Crippen LogP contribution in [0.2, 0.25) is 0 Å². The number of benzene rings is 2. The Bertz CT molecular complexity index is 803. The third-order valence-corrected chi connectivity index (χ3v) is 5.18. The Morgan fingerprint density at radius 2 is 1.79 bits per heavy atom. The van der Waals surface area contributed by atoms with Crippen molar-refractivity contribution in [3.8, 4) is 11.5 Å². The quantitative estimate of drug-likeness (QED) is 0.656. The molecular formula is C23H30N2O4. The average molecular weight is 399 g/mol. The summed E-state index contributed by atoms with van der Waals surface area (Å²) in [7, 11) is 1.68. The number of methoxy groups -OCH3 is 1. The topological polar surface area (TPSA) is 62.2 Å². The van der Waals surface area contributed by atoms with E-state index in [-0.39, 0.29) is 12.4 Å². The van der Waals surface area contributed by atoms with Gasteiger partial charge in [-0.2, -0.15) is 0 Å². The van der Waals surface area contributed by atoms with E-state index in [1.165, 1.54) is 0 Å². The van der Waals surface area contributed by atoms with Gasteiger partial charge in [-0.15, -0.1) is 0 Å². The smallest absolute Gasteiger partial charge is 0.162 e. The minimum absolute atomic E-state index is 0.0879. The van der Waals surface area contributed by atoms with Gasteiger partial charge in [0.25, 0.3) is 0 Å². The number of carbonyl (C=O) groups is 1. The Balaban J connectivity index is 1.44. The number of hydrogen-bond acceptors (Lipinski definition) is 6. The maximum Gasteiger partial charge on any atom is 0.162 e. The number of piperazine rings is 1. The van der Waals surface area contributed by atoms with Gasteiger partial charge in [0, 0.05) is 56.5 Å². The summed E-state index contributed by atoms with van der Waals surface area (Å²) < 4.78 is 11.0. The second-order valence-electron chi connectivity index (χ2n) is 7.26. The van der Waals surface area contributed by atoms with Gasteiger partial charge in [0.1, 0.15) is 24.2 Å². The van der Waals surface area contributed by atoms with Crippen molar-refractivity contribution in [1.82, 2.24) is 4.90 Å². The van der Waals surface area contributed by atoms with Crippen molar-refractivity contribution in [1.29, 1.82) is 0 Å². The largest absolute Gasteiger partial charge is 0.497 e. The molecule has 1 unspecified atom stereocenters. The lowest BCUT2D eigenvalue weighted by atomic mass is 10.1. The first-order chi connectivity index (χ1) is 14.1. The van der Waals surface area contributed by atoms with Crippen LogP contribution in [0.1, 0.15) is 23.7 Å². The van der Waals surface area contributed by atoms with Crippen LogP contribution >= 0.6 is 0 Å². The SMILES string of the molecule is CCC(=O)c1cccc(OCC(O)CN2CCN(c3cccc(OC)c3)CC2)c1. The predicted octanol–water partition coefficient (Wildman–Crippen LogP) is 2.85. The lowest BCUT2D eigenvalue weighted by Crippen LogP contribution is -2.49. The number of nitrogens with zero attached hydrogens (tertiary/aromatic N) is 2. The summed E-state index contributed by atoms with van der Waals surface area (Å²) in [5, 5.41) is 10.4. The molecule has 156 valence electrons. The van der Waals surface area contributed by atoms with Crippen molar-refractivity contribution in [2.45, 2.75) is 19.4 Å². The van der Waals surface area contributed by atoms with Crippen molar-refractivity contribution >= 4 is 11.5 Å². The first-order valence-corrected chi connectivity index (χ1v) is 10.1. The van der Waals surface area contributed by atoms with Crippen molar-refractivity contribution in [2.75, 3.05) is 51.3 Å². The highest BCUT2D eigenvalue weighted by Gasteiger charge is 2.20. The van der Waals surface area contributed by atoms with Crippen LogP contribution in [0.5, 0.6) is 11.5 Å². The van der Waals surface area contributed by atoms with E-state index in [1.807, 2.05) is 31.2 Å². The molecule has 6 heteroatoms. The van der Waals surface area contributed by atoms with E-state index < -0.39 is 6.10 Å². The Labute approximate surface area is 172 Å². The second-order valence-corrected chi connectivity index (χ2v) is 7.26. The van der Waals surface area contributed by atoms with Gasteiger partial charge in [0.15, 0.2) is 5.78 Å². The molecule has 1 heterocycles. The number of β-amino-alcohol motifs (C(OH)–C–C–N with tert-alkyl or cyclic N) is 1. The van der Waals surface area contributed by atoms with E-state index in [0.717, 1.165) is 37.6 Å². The molecule has 1 aliphatic rings. The number of aliphatic hydroxyl groups is 1. The van der Waals surface area contributed by atoms with Gasteiger partial charge in [-0.25, -0.2) is 0 Å². The highest BCUT2D eigenvalue weighted by Crippen LogP contribution is 2.22. The molecule has 1 saturated heterocycles. The van der Waals surface area contributed by atoms with Gasteiger partial charge in [0.2, 0.25) is 0 Å². The molecule has 1 fully saturated rings. The van der Waals surface area contributed by atoms with E-state index in [2.05, 4.69) is 21.9 Å². The zero-order valence-corrected chi connectivity index (χ0v) is 17.2. The molecule has 6 nitrogen and oxygen atoms in total. The number of carbonyl (C=O) groups excluding carboxylic acids is 1. The number of ketones is 1. The molecule has 2 aromatic rings. The number of ether oxygens (including phenoxy) is 2. The molecule has 0 amide bonds. The Kier molecular flexibility index (Phi) is 7.49. The standard InChI is InChI=1S/C23H30N2O4/c1-3-23(27)18-6-4-9-22(14-18)29-17-20(26)16-24-10-12-25(13-11-24)19-7-5-8-21(15-19)28-2/h4-9,14-15,20,26H,3,10-13,16-17H2,1-2H3. The molecule has 0 aromatic heterocycles. The highest BCUT2D eigenvalue weighted by molar-refractivity contribution is 5.96. The minimum atomic E-state index is -0.580. The predicted molar refractivity (Wildman–Crippen MR) is 114 cm³/mol. The van der Waals surface area contributed by atoms with Crippen LogP contribution in [-0.4, -0.2) is 68.3 Å². The van der Waals surface area contributed by atoms with Crippen LogP contribution in [0.4, 0.5) is 5.69 Å². The van der Waals surface area contributed by atoms with Crippen molar-refractivity contribution in [3.63, 3.8) is 0 Å². The second kappa shape index (κ2) is 10.3. The van der Waals surface area contributed by atoms with E-state index >= 15 is 0 Å². The average Bonchev–Trinajstić information content (AvgIpc) is 2.78. The summed E-state index contributed by atoms with van der Waals surface area (Å²) in [4.78, 5) is 16.4. The molecular weight excluding hydrogens is 368 g/mol. The number of rotatable bonds is 9. The molecule has 1 N–H and O–H groups in total. The monoisotopic (exact) mass is 398 g/mol. The lowest BCUT2D eigenvalue weighted by molar-refractivity contribution is 0.0663. The summed E-state index contributed by atoms with van der Waals surface area (Å²) in [6, 6.07) is 15.2. The zero-order chi connectivity index (χ0) is 20.6. The van der Waals surface area contributed by atoms with Crippen molar-refractivity contribution in [2.24, 2.45) is 0 Å². The molecule has 2 aromatic carbocycles. The van der Waals surface area contributed by atoms with E-state index in [0.29, 0.717) is 24.3 Å². The molecule has 0 spiro atoms. The molecule has 1 aliphatic heterocycles. The zero-order valence-electron chi connectivity index (χ0n) is 17.2. The minimum Gasteiger partial charge on any atom is -0.497 e. The van der Waals surface area contributed by atoms with E-state index in [4.69, 9.17) is 9.47 Å². The summed E-state index contributed by atoms with van der Waals surface area (Å²) in [5.41, 5.74) is 1.81. The van der Waals surface area contributed by atoms with Gasteiger partial charge < -0.3 is 19.5 Å². The fraction of sp³-hybridized carbons (Fsp3) is 0.435. The Morgan fingerprint density at radius 3 is 2.52 bits per heavy atom. The fourth-order valence-corrected chi connectivity index (χ4v) is 3.50. The van der Waals surface area contributed by atoms with Crippen molar-refractivity contribution < 1.29 is 19.4 Å². The maximum atomic E-state index is 11.8. The fourth-order valence-electron chi connectivity index (χ4n) is 3.50. The number of aliphatic hydroxyl groups excluding tert-OH is 1. The van der Waals surface area contributed by atoms with Crippen LogP contribution < -0.4 is 14.4 Å². The van der Waals surface area contributed by atoms with Gasteiger partial charge in [0.05, 0.1) is 7.11 Å². The third-order valence-electron chi connectivity index (χ3n) is 5.18. The summed E-state index contributed by atoms with van der Waals surface area (Å²) in [6.07, 6.45) is -0.114. The number of anilines is 1. The maximum absolute atomic E-state index is 11.8. The summed E-state index contributed by atoms with van der Waals surface area (Å²) >= 11 is 0. The Hall–Kier alpha value is -2.57. The molecule has 0 radical (unpaired) electrons. The van der Waals surface area contributed by atoms with Crippen LogP contribution in [0.15, 0.2) is 48.5 Å². The lowest BCUT2D eigenvalue weighted by Gasteiger charge is -2.37. The molecule has 0 saturated carbocycles. The molecule has 0 bridgehead atoms. The Morgan fingerprint density at radius 1 is 1.07 bits per heavy atom. The highest BCUT2D eigenvalue weighted by atomic mass is 16.5. The van der Waals surface area contributed by atoms with Crippen LogP contribution in [0.3, 0.4) is 0 Å². The van der Waals surface area contributed by atoms with Gasteiger partial charge in [-0.3, -0.25) is 9.69 Å². The van der Waals surface area contributed by atoms with Crippen molar-refractivity contribution in [3.05, 3.63) is 54.1 Å². The van der Waals surface area contributed by atoms with E-state index in [1.54, 1.807) is 19.2 Å². The molecule has 3 rings (SSSR count). The van der Waals surface area contributed by atoms with E-state index in [9.17, 15) is 9.90 Å². The van der Waals surface area contributed by atoms with Crippen LogP contribution in [-0.2, 0) is 0 Å². The van der Waals surface area contributed by atoms with Crippen LogP contribution in [0.25, 0.3) is 0 Å². The first kappa shape index (κ1) is 21.1. The van der Waals surface area contributed by atoms with Gasteiger partial charge in [-0.1, -0.05) is 25.1 Å². The van der Waals surface area contributed by atoms with Crippen LogP contribution in [0, 0.1) is 0 Å². The molecule has 0 aliphatic carbocycles. The summed E-state index contributed by atoms with van der Waals surface area (Å²) in [5.74, 6) is 1.57. The molecule has 1 atom stereocenters. The summed E-state index contributed by atoms with van der Waals surface area (Å²) in [6.45, 7) is 6.19.